The summed E-state index contributed by atoms with van der Waals surface area (Å²) in [5.74, 6) is -1.21. The number of rotatable bonds is 4. The predicted molar refractivity (Wildman–Crippen MR) is 49.1 cm³/mol. The molecule has 0 N–H and O–H groups in total. The summed E-state index contributed by atoms with van der Waals surface area (Å²) < 4.78 is 30.3. The molecular weight excluding hydrogens is 282 g/mol. The maximum atomic E-state index is 13.1. The Bertz CT molecular complexity index is 324. The molecule has 0 aromatic heterocycles. The van der Waals surface area contributed by atoms with E-state index in [4.69, 9.17) is 0 Å². The fraction of sp³-hybridized carbons (Fsp3) is 0.143. The highest BCUT2D eigenvalue weighted by Crippen LogP contribution is 2.27. The van der Waals surface area contributed by atoms with Crippen LogP contribution in [0.5, 0.6) is 0 Å². The third kappa shape index (κ3) is 3.18. The number of halogens is 3. The standard InChI is InChI=1S/C7H5BrF2O3S/c1-11-12-13-14-7-3-5(9)4(8)2-6(7)10/h2-3H,1H3. The highest BCUT2D eigenvalue weighted by atomic mass is 79.9. The van der Waals surface area contributed by atoms with E-state index in [1.807, 2.05) is 0 Å². The lowest BCUT2D eigenvalue weighted by Gasteiger charge is -2.02. The summed E-state index contributed by atoms with van der Waals surface area (Å²) in [4.78, 5) is 4.05. The van der Waals surface area contributed by atoms with Gasteiger partial charge >= 0.3 is 0 Å². The zero-order valence-electron chi connectivity index (χ0n) is 6.92. The summed E-state index contributed by atoms with van der Waals surface area (Å²) in [7, 11) is 1.22. The molecule has 1 aromatic rings. The molecule has 3 nitrogen and oxygen atoms in total. The summed E-state index contributed by atoms with van der Waals surface area (Å²) in [6.45, 7) is 0. The van der Waals surface area contributed by atoms with Crippen LogP contribution >= 0.6 is 28.0 Å². The number of hydrogen-bond acceptors (Lipinski definition) is 4. The van der Waals surface area contributed by atoms with Crippen molar-refractivity contribution in [1.82, 2.24) is 0 Å². The molecule has 1 aromatic carbocycles. The molecule has 0 fully saturated rings. The maximum Gasteiger partial charge on any atom is 0.140 e. The first-order chi connectivity index (χ1) is 6.65. The van der Waals surface area contributed by atoms with Crippen molar-refractivity contribution < 1.29 is 23.0 Å². The van der Waals surface area contributed by atoms with Crippen LogP contribution in [0.4, 0.5) is 8.78 Å². The molecule has 14 heavy (non-hydrogen) atoms. The van der Waals surface area contributed by atoms with Crippen LogP contribution in [-0.4, -0.2) is 7.11 Å². The SMILES string of the molecule is COOOSc1cc(F)c(Br)cc1F. The van der Waals surface area contributed by atoms with Crippen molar-refractivity contribution in [3.05, 3.63) is 28.2 Å². The first-order valence-corrected chi connectivity index (χ1v) is 4.87. The Morgan fingerprint density at radius 1 is 1.29 bits per heavy atom. The molecule has 0 radical (unpaired) electrons. The molecule has 7 heteroatoms. The van der Waals surface area contributed by atoms with Crippen molar-refractivity contribution in [1.29, 1.82) is 0 Å². The second-order valence-electron chi connectivity index (χ2n) is 2.08. The van der Waals surface area contributed by atoms with Crippen LogP contribution in [0.25, 0.3) is 0 Å². The summed E-state index contributed by atoms with van der Waals surface area (Å²) in [6, 6.07) is 1.97. The monoisotopic (exact) mass is 286 g/mol. The first-order valence-electron chi connectivity index (χ1n) is 3.33. The van der Waals surface area contributed by atoms with Crippen molar-refractivity contribution >= 4 is 28.0 Å². The van der Waals surface area contributed by atoms with E-state index >= 15 is 0 Å². The predicted octanol–water partition coefficient (Wildman–Crippen LogP) is 3.24. The minimum absolute atomic E-state index is 0.0391. The van der Waals surface area contributed by atoms with Gasteiger partial charge in [-0.25, -0.2) is 13.7 Å². The highest BCUT2D eigenvalue weighted by Gasteiger charge is 2.09. The Morgan fingerprint density at radius 2 is 2.00 bits per heavy atom. The van der Waals surface area contributed by atoms with Crippen LogP contribution in [0, 0.1) is 11.6 Å². The lowest BCUT2D eigenvalue weighted by Crippen LogP contribution is -1.89. The molecule has 0 aliphatic rings. The van der Waals surface area contributed by atoms with E-state index in [1.165, 1.54) is 7.11 Å². The van der Waals surface area contributed by atoms with Crippen LogP contribution in [0.2, 0.25) is 0 Å². The second-order valence-corrected chi connectivity index (χ2v) is 3.68. The Labute approximate surface area is 91.5 Å². The van der Waals surface area contributed by atoms with Gasteiger partial charge < -0.3 is 0 Å². The van der Waals surface area contributed by atoms with Gasteiger partial charge in [-0.3, -0.25) is 0 Å². The minimum atomic E-state index is -0.622. The van der Waals surface area contributed by atoms with Crippen LogP contribution < -0.4 is 0 Å². The van der Waals surface area contributed by atoms with Crippen LogP contribution in [0.3, 0.4) is 0 Å². The highest BCUT2D eigenvalue weighted by molar-refractivity contribution is 9.10. The van der Waals surface area contributed by atoms with Crippen molar-refractivity contribution in [2.24, 2.45) is 0 Å². The largest absolute Gasteiger partial charge is 0.209 e. The van der Waals surface area contributed by atoms with Gasteiger partial charge in [-0.05, 0) is 28.1 Å². The second kappa shape index (κ2) is 5.62. The lowest BCUT2D eigenvalue weighted by molar-refractivity contribution is -0.447. The third-order valence-electron chi connectivity index (χ3n) is 1.19. The minimum Gasteiger partial charge on any atom is -0.209 e. The van der Waals surface area contributed by atoms with Crippen molar-refractivity contribution in [2.45, 2.75) is 4.90 Å². The number of benzene rings is 1. The molecule has 0 saturated heterocycles. The van der Waals surface area contributed by atoms with Crippen LogP contribution in [0.15, 0.2) is 21.5 Å². The van der Waals surface area contributed by atoms with E-state index in [9.17, 15) is 8.78 Å². The Kier molecular flexibility index (Phi) is 4.76. The van der Waals surface area contributed by atoms with Gasteiger partial charge in [-0.15, -0.1) is 4.33 Å². The van der Waals surface area contributed by atoms with E-state index in [1.54, 1.807) is 0 Å². The molecule has 0 atom stereocenters. The van der Waals surface area contributed by atoms with Gasteiger partial charge in [0, 0.05) is 0 Å². The van der Waals surface area contributed by atoms with Crippen molar-refractivity contribution in [3.8, 4) is 0 Å². The Morgan fingerprint density at radius 3 is 2.64 bits per heavy atom. The molecule has 0 saturated carbocycles. The van der Waals surface area contributed by atoms with Gasteiger partial charge in [0.1, 0.15) is 11.6 Å². The summed E-state index contributed by atoms with van der Waals surface area (Å²) in [5, 5.41) is 4.02. The molecule has 0 heterocycles. The lowest BCUT2D eigenvalue weighted by atomic mass is 10.3. The first kappa shape index (κ1) is 11.9. The molecule has 0 amide bonds. The summed E-state index contributed by atoms with van der Waals surface area (Å²) >= 11 is 3.35. The molecule has 0 aliphatic heterocycles. The topological polar surface area (TPSA) is 27.7 Å². The van der Waals surface area contributed by atoms with Gasteiger partial charge in [-0.1, -0.05) is 5.04 Å². The fourth-order valence-corrected chi connectivity index (χ4v) is 1.41. The van der Waals surface area contributed by atoms with Crippen molar-refractivity contribution in [2.75, 3.05) is 7.11 Å². The van der Waals surface area contributed by atoms with Crippen LogP contribution in [0.1, 0.15) is 0 Å². The molecule has 78 valence electrons. The molecule has 0 spiro atoms. The quantitative estimate of drug-likeness (QED) is 0.279. The van der Waals surface area contributed by atoms with Gasteiger partial charge in [0.15, 0.2) is 0 Å². The number of hydrogen-bond donors (Lipinski definition) is 0. The Balaban J connectivity index is 2.72. The smallest absolute Gasteiger partial charge is 0.140 e. The summed E-state index contributed by atoms with van der Waals surface area (Å²) in [6.07, 6.45) is 0. The zero-order valence-corrected chi connectivity index (χ0v) is 9.32. The normalized spacial score (nSPS) is 10.6. The average Bonchev–Trinajstić information content (AvgIpc) is 2.14. The van der Waals surface area contributed by atoms with E-state index in [-0.39, 0.29) is 9.37 Å². The molecule has 1 rings (SSSR count). The maximum absolute atomic E-state index is 13.1. The van der Waals surface area contributed by atoms with Crippen LogP contribution in [-0.2, 0) is 14.3 Å². The molecule has 0 aliphatic carbocycles. The van der Waals surface area contributed by atoms with Crippen molar-refractivity contribution in [3.63, 3.8) is 0 Å². The molecular formula is C7H5BrF2O3S. The molecule has 0 bridgehead atoms. The average molecular weight is 287 g/mol. The van der Waals surface area contributed by atoms with E-state index in [0.717, 1.165) is 12.1 Å². The van der Waals surface area contributed by atoms with Gasteiger partial charge in [0.2, 0.25) is 0 Å². The Hall–Kier alpha value is -0.210. The van der Waals surface area contributed by atoms with Gasteiger partial charge in [0.05, 0.1) is 28.5 Å². The fourth-order valence-electron chi connectivity index (χ4n) is 0.646. The molecule has 0 unspecified atom stereocenters. The summed E-state index contributed by atoms with van der Waals surface area (Å²) in [5.41, 5.74) is 0. The zero-order chi connectivity index (χ0) is 10.6. The third-order valence-corrected chi connectivity index (χ3v) is 2.42. The van der Waals surface area contributed by atoms with Gasteiger partial charge in [-0.2, -0.15) is 0 Å². The van der Waals surface area contributed by atoms with E-state index < -0.39 is 11.6 Å². The van der Waals surface area contributed by atoms with E-state index in [0.29, 0.717) is 12.0 Å². The van der Waals surface area contributed by atoms with Gasteiger partial charge in [0.25, 0.3) is 0 Å². The van der Waals surface area contributed by atoms with E-state index in [2.05, 4.69) is 30.2 Å².